The lowest BCUT2D eigenvalue weighted by molar-refractivity contribution is -0.183. The van der Waals surface area contributed by atoms with Crippen molar-refractivity contribution < 1.29 is 56.6 Å². The van der Waals surface area contributed by atoms with E-state index in [1.165, 1.54) is 37.5 Å². The predicted octanol–water partition coefficient (Wildman–Crippen LogP) is 2.81. The van der Waals surface area contributed by atoms with E-state index in [4.69, 9.17) is 30.3 Å². The molecule has 4 rings (SSSR count). The summed E-state index contributed by atoms with van der Waals surface area (Å²) in [6.45, 7) is 2.10. The highest BCUT2D eigenvalue weighted by Crippen LogP contribution is 2.30. The smallest absolute Gasteiger partial charge is 0.360 e. The molecule has 3 heterocycles. The molecule has 1 N–H and O–H groups in total. The number of carbonyl (C=O) groups excluding carboxylic acids is 6. The molecule has 44 heavy (non-hydrogen) atoms. The van der Waals surface area contributed by atoms with Gasteiger partial charge in [-0.3, -0.25) is 19.7 Å². The first-order valence-electron chi connectivity index (χ1n) is 12.4. The van der Waals surface area contributed by atoms with E-state index in [1.54, 1.807) is 0 Å². The fraction of sp³-hybridized carbons (Fsp3) is 0.185. The van der Waals surface area contributed by atoms with Gasteiger partial charge in [-0.25, -0.2) is 23.8 Å². The van der Waals surface area contributed by atoms with Gasteiger partial charge in [-0.1, -0.05) is 22.8 Å². The minimum atomic E-state index is -3.75. The molecule has 1 saturated heterocycles. The van der Waals surface area contributed by atoms with Crippen molar-refractivity contribution in [2.75, 3.05) is 6.61 Å². The Morgan fingerprint density at radius 1 is 1.16 bits per heavy atom. The Hall–Kier alpha value is -5.64. The van der Waals surface area contributed by atoms with Crippen LogP contribution >= 0.6 is 11.6 Å². The Morgan fingerprint density at radius 2 is 1.91 bits per heavy atom. The van der Waals surface area contributed by atoms with Crippen molar-refractivity contribution in [3.05, 3.63) is 76.8 Å². The number of oxime groups is 1. The van der Waals surface area contributed by atoms with Gasteiger partial charge >= 0.3 is 29.6 Å². The molecule has 0 spiro atoms. The maximum atomic E-state index is 16.2. The molecule has 1 aliphatic heterocycles. The second kappa shape index (κ2) is 13.1. The number of ether oxygens (including phenoxy) is 3. The van der Waals surface area contributed by atoms with Crippen LogP contribution in [0.2, 0.25) is 5.02 Å². The molecule has 0 bridgehead atoms. The molecule has 17 heteroatoms. The van der Waals surface area contributed by atoms with Crippen molar-refractivity contribution in [2.24, 2.45) is 5.16 Å². The Bertz CT molecular complexity index is 1660. The number of alkyl halides is 1. The summed E-state index contributed by atoms with van der Waals surface area (Å²) in [7, 11) is 0. The minimum absolute atomic E-state index is 0.0409. The maximum Gasteiger partial charge on any atom is 0.360 e. The van der Waals surface area contributed by atoms with E-state index in [1.807, 2.05) is 5.32 Å². The summed E-state index contributed by atoms with van der Waals surface area (Å²) in [5.74, 6) is -7.17. The summed E-state index contributed by atoms with van der Waals surface area (Å²) in [5.41, 5.74) is -4.47. The van der Waals surface area contributed by atoms with E-state index in [9.17, 15) is 28.8 Å². The van der Waals surface area contributed by atoms with Crippen LogP contribution in [0.1, 0.15) is 40.3 Å². The number of nitrogens with one attached hydrogen (secondary N) is 1. The number of hydrogen-bond acceptors (Lipinski definition) is 13. The third kappa shape index (κ3) is 6.54. The van der Waals surface area contributed by atoms with Gasteiger partial charge in [0.2, 0.25) is 5.88 Å². The zero-order valence-corrected chi connectivity index (χ0v) is 23.4. The molecule has 1 fully saturated rings. The molecule has 1 aliphatic rings. The summed E-state index contributed by atoms with van der Waals surface area (Å²) < 4.78 is 35.9. The van der Waals surface area contributed by atoms with Gasteiger partial charge in [0.15, 0.2) is 5.75 Å². The Labute approximate surface area is 251 Å². The number of esters is 3. The van der Waals surface area contributed by atoms with Crippen LogP contribution in [-0.4, -0.2) is 70.4 Å². The standard InChI is InChI=1S/C27H20ClFN4O11/c1-3-40-25(38)27(29)23(44-31-12-17-8-5-9-41-17)32-26(39)33(24(27)37)21(35)15-6-4-7-16(10-15)22(36)43-20-11-19(42-14(2)34)18(28)13-30-20/h4-13,23H,3H2,1-2H3,(H,32,39). The lowest BCUT2D eigenvalue weighted by Crippen LogP contribution is -2.72. The number of rotatable bonds is 9. The zero-order chi connectivity index (χ0) is 32.0. The van der Waals surface area contributed by atoms with Crippen LogP contribution in [0.3, 0.4) is 0 Å². The first-order chi connectivity index (χ1) is 20.9. The summed E-state index contributed by atoms with van der Waals surface area (Å²) in [5, 5.41) is 5.30. The van der Waals surface area contributed by atoms with E-state index < -0.39 is 53.2 Å². The number of pyridine rings is 1. The van der Waals surface area contributed by atoms with Crippen molar-refractivity contribution in [1.29, 1.82) is 0 Å². The molecular formula is C27H20ClFN4O11. The van der Waals surface area contributed by atoms with Gasteiger partial charge in [-0.15, -0.1) is 0 Å². The highest BCUT2D eigenvalue weighted by molar-refractivity contribution is 6.32. The van der Waals surface area contributed by atoms with E-state index in [0.29, 0.717) is 0 Å². The molecule has 0 saturated carbocycles. The molecule has 2 aromatic heterocycles. The number of furan rings is 1. The highest BCUT2D eigenvalue weighted by atomic mass is 35.5. The van der Waals surface area contributed by atoms with Gasteiger partial charge in [0.25, 0.3) is 18.0 Å². The van der Waals surface area contributed by atoms with Gasteiger partial charge in [-0.05, 0) is 37.3 Å². The number of amides is 4. The fourth-order valence-electron chi connectivity index (χ4n) is 3.62. The Balaban J connectivity index is 1.57. The van der Waals surface area contributed by atoms with Gasteiger partial charge in [0, 0.05) is 18.6 Å². The summed E-state index contributed by atoms with van der Waals surface area (Å²) in [6, 6.07) is 7.06. The average molecular weight is 631 g/mol. The molecule has 2 unspecified atom stereocenters. The SMILES string of the molecule is CCOC(=O)C1(F)C(=O)N(C(=O)c2cccc(C(=O)Oc3cc(OC(C)=O)c(Cl)cn3)c2)C(=O)NC1ON=Cc1ccco1. The predicted molar refractivity (Wildman–Crippen MR) is 143 cm³/mol. The first kappa shape index (κ1) is 31.3. The second-order valence-corrected chi connectivity index (χ2v) is 8.99. The highest BCUT2D eigenvalue weighted by Gasteiger charge is 2.65. The first-order valence-corrected chi connectivity index (χ1v) is 12.8. The molecule has 1 aromatic carbocycles. The number of aromatic nitrogens is 1. The third-order valence-corrected chi connectivity index (χ3v) is 5.87. The largest absolute Gasteiger partial charge is 0.463 e. The van der Waals surface area contributed by atoms with E-state index >= 15 is 4.39 Å². The summed E-state index contributed by atoms with van der Waals surface area (Å²) in [4.78, 5) is 84.6. The number of imide groups is 3. The van der Waals surface area contributed by atoms with Crippen LogP contribution in [-0.2, 0) is 24.0 Å². The number of benzene rings is 1. The maximum absolute atomic E-state index is 16.2. The van der Waals surface area contributed by atoms with Crippen molar-refractivity contribution in [1.82, 2.24) is 15.2 Å². The number of halogens is 2. The van der Waals surface area contributed by atoms with Crippen molar-refractivity contribution in [3.63, 3.8) is 0 Å². The molecule has 0 aliphatic carbocycles. The second-order valence-electron chi connectivity index (χ2n) is 8.58. The van der Waals surface area contributed by atoms with Crippen LogP contribution in [0.4, 0.5) is 9.18 Å². The number of urea groups is 1. The van der Waals surface area contributed by atoms with Gasteiger partial charge in [0.1, 0.15) is 17.0 Å². The van der Waals surface area contributed by atoms with E-state index in [0.717, 1.165) is 37.5 Å². The summed E-state index contributed by atoms with van der Waals surface area (Å²) in [6.07, 6.45) is 1.01. The molecule has 3 aromatic rings. The average Bonchev–Trinajstić information content (AvgIpc) is 3.51. The molecule has 4 amide bonds. The van der Waals surface area contributed by atoms with E-state index in [2.05, 4.69) is 14.9 Å². The minimum Gasteiger partial charge on any atom is -0.463 e. The normalized spacial score (nSPS) is 18.0. The molecule has 228 valence electrons. The molecule has 2 atom stereocenters. The van der Waals surface area contributed by atoms with Crippen LogP contribution in [0.5, 0.6) is 11.6 Å². The number of nitrogens with zero attached hydrogens (tertiary/aromatic N) is 3. The summed E-state index contributed by atoms with van der Waals surface area (Å²) >= 11 is 5.90. The number of carbonyl (C=O) groups is 6. The fourth-order valence-corrected chi connectivity index (χ4v) is 3.76. The Kier molecular flexibility index (Phi) is 9.33. The van der Waals surface area contributed by atoms with Crippen LogP contribution in [0.15, 0.2) is 64.5 Å². The molecule has 0 radical (unpaired) electrons. The monoisotopic (exact) mass is 630 g/mol. The van der Waals surface area contributed by atoms with Gasteiger partial charge in [0.05, 0.1) is 24.6 Å². The van der Waals surface area contributed by atoms with Crippen LogP contribution in [0, 0.1) is 0 Å². The van der Waals surface area contributed by atoms with Crippen molar-refractivity contribution >= 4 is 53.6 Å². The van der Waals surface area contributed by atoms with Gasteiger partial charge < -0.3 is 23.5 Å². The third-order valence-electron chi connectivity index (χ3n) is 5.59. The zero-order valence-electron chi connectivity index (χ0n) is 22.6. The van der Waals surface area contributed by atoms with Crippen LogP contribution in [0.25, 0.3) is 0 Å². The number of hydrogen-bond donors (Lipinski definition) is 1. The quantitative estimate of drug-likeness (QED) is 0.120. The molecular weight excluding hydrogens is 611 g/mol. The van der Waals surface area contributed by atoms with Crippen molar-refractivity contribution in [2.45, 2.75) is 25.7 Å². The van der Waals surface area contributed by atoms with E-state index in [-0.39, 0.29) is 39.5 Å². The van der Waals surface area contributed by atoms with Crippen molar-refractivity contribution in [3.8, 4) is 11.6 Å². The van der Waals surface area contributed by atoms with Crippen LogP contribution < -0.4 is 14.8 Å². The lowest BCUT2D eigenvalue weighted by Gasteiger charge is -2.37. The topological polar surface area (TPSA) is 193 Å². The lowest BCUT2D eigenvalue weighted by atomic mass is 9.99. The van der Waals surface area contributed by atoms with Gasteiger partial charge in [-0.2, -0.15) is 4.90 Å². The molecule has 15 nitrogen and oxygen atoms in total. The Morgan fingerprint density at radius 3 is 2.59 bits per heavy atom.